The molecule has 3 nitrogen and oxygen atoms in total. The SMILES string of the molecule is CC(CN)C(=O)NCc1ccccc1C(F)(F)F. The van der Waals surface area contributed by atoms with Crippen molar-refractivity contribution < 1.29 is 18.0 Å². The lowest BCUT2D eigenvalue weighted by Crippen LogP contribution is -2.33. The lowest BCUT2D eigenvalue weighted by Gasteiger charge is -2.14. The minimum atomic E-state index is -4.42. The van der Waals surface area contributed by atoms with Gasteiger partial charge in [0.2, 0.25) is 5.91 Å². The molecule has 1 rings (SSSR count). The molecule has 0 aliphatic carbocycles. The number of rotatable bonds is 4. The van der Waals surface area contributed by atoms with Crippen LogP contribution in [0.3, 0.4) is 0 Å². The van der Waals surface area contributed by atoms with Gasteiger partial charge in [-0.1, -0.05) is 25.1 Å². The second-order valence-corrected chi connectivity index (χ2v) is 4.01. The predicted molar refractivity (Wildman–Crippen MR) is 61.5 cm³/mol. The van der Waals surface area contributed by atoms with Gasteiger partial charge in [0.1, 0.15) is 0 Å². The molecule has 0 spiro atoms. The van der Waals surface area contributed by atoms with E-state index in [-0.39, 0.29) is 24.6 Å². The van der Waals surface area contributed by atoms with Crippen LogP contribution in [0, 0.1) is 5.92 Å². The summed E-state index contributed by atoms with van der Waals surface area (Å²) in [5.41, 5.74) is 4.61. The summed E-state index contributed by atoms with van der Waals surface area (Å²) in [5, 5.41) is 2.44. The lowest BCUT2D eigenvalue weighted by atomic mass is 10.1. The number of halogens is 3. The molecule has 6 heteroatoms. The Morgan fingerprint density at radius 1 is 1.39 bits per heavy atom. The first-order valence-corrected chi connectivity index (χ1v) is 5.49. The highest BCUT2D eigenvalue weighted by Crippen LogP contribution is 2.31. The van der Waals surface area contributed by atoms with Crippen molar-refractivity contribution in [3.05, 3.63) is 35.4 Å². The highest BCUT2D eigenvalue weighted by atomic mass is 19.4. The molecule has 1 unspecified atom stereocenters. The highest BCUT2D eigenvalue weighted by molar-refractivity contribution is 5.78. The van der Waals surface area contributed by atoms with Gasteiger partial charge >= 0.3 is 6.18 Å². The van der Waals surface area contributed by atoms with E-state index in [1.165, 1.54) is 18.2 Å². The van der Waals surface area contributed by atoms with Crippen LogP contribution in [-0.4, -0.2) is 12.5 Å². The fourth-order valence-corrected chi connectivity index (χ4v) is 1.41. The van der Waals surface area contributed by atoms with Gasteiger partial charge in [-0.2, -0.15) is 13.2 Å². The summed E-state index contributed by atoms with van der Waals surface area (Å²) in [7, 11) is 0. The summed E-state index contributed by atoms with van der Waals surface area (Å²) in [4.78, 5) is 11.4. The smallest absolute Gasteiger partial charge is 0.352 e. The molecule has 0 aromatic heterocycles. The third-order valence-corrected chi connectivity index (χ3v) is 2.58. The maximum atomic E-state index is 12.7. The van der Waals surface area contributed by atoms with E-state index in [0.717, 1.165) is 6.07 Å². The normalized spacial score (nSPS) is 13.2. The molecule has 1 atom stereocenters. The van der Waals surface area contributed by atoms with E-state index in [0.29, 0.717) is 0 Å². The number of hydrogen-bond acceptors (Lipinski definition) is 2. The number of carbonyl (C=O) groups excluding carboxylic acids is 1. The van der Waals surface area contributed by atoms with Gasteiger partial charge in [0.25, 0.3) is 0 Å². The number of alkyl halides is 3. The molecule has 0 saturated carbocycles. The standard InChI is InChI=1S/C12H15F3N2O/c1-8(6-16)11(18)17-7-9-4-2-3-5-10(9)12(13,14)15/h2-5,8H,6-7,16H2,1H3,(H,17,18). The first-order valence-electron chi connectivity index (χ1n) is 5.49. The molecule has 0 saturated heterocycles. The molecule has 1 aromatic carbocycles. The predicted octanol–water partition coefficient (Wildman–Crippen LogP) is 1.92. The number of nitrogens with one attached hydrogen (secondary N) is 1. The van der Waals surface area contributed by atoms with Crippen molar-refractivity contribution in [2.24, 2.45) is 11.7 Å². The molecular weight excluding hydrogens is 245 g/mol. The Morgan fingerprint density at radius 2 is 2.00 bits per heavy atom. The first-order chi connectivity index (χ1) is 8.36. The molecule has 1 amide bonds. The fourth-order valence-electron chi connectivity index (χ4n) is 1.41. The Morgan fingerprint density at radius 3 is 2.56 bits per heavy atom. The van der Waals surface area contributed by atoms with Crippen LogP contribution in [0.25, 0.3) is 0 Å². The van der Waals surface area contributed by atoms with Crippen LogP contribution in [0.4, 0.5) is 13.2 Å². The van der Waals surface area contributed by atoms with E-state index < -0.39 is 17.7 Å². The van der Waals surface area contributed by atoms with Crippen molar-refractivity contribution in [3.63, 3.8) is 0 Å². The molecule has 18 heavy (non-hydrogen) atoms. The summed E-state index contributed by atoms with van der Waals surface area (Å²) in [5.74, 6) is -0.766. The largest absolute Gasteiger partial charge is 0.416 e. The fraction of sp³-hybridized carbons (Fsp3) is 0.417. The Balaban J connectivity index is 2.77. The first kappa shape index (κ1) is 14.5. The van der Waals surface area contributed by atoms with Gasteiger partial charge in [-0.3, -0.25) is 4.79 Å². The van der Waals surface area contributed by atoms with Gasteiger partial charge in [-0.15, -0.1) is 0 Å². The molecule has 0 aliphatic heterocycles. The number of carbonyl (C=O) groups is 1. The van der Waals surface area contributed by atoms with Crippen LogP contribution < -0.4 is 11.1 Å². The van der Waals surface area contributed by atoms with Crippen LogP contribution >= 0.6 is 0 Å². The van der Waals surface area contributed by atoms with Gasteiger partial charge in [0, 0.05) is 19.0 Å². The molecule has 0 bridgehead atoms. The van der Waals surface area contributed by atoms with Gasteiger partial charge in [0.15, 0.2) is 0 Å². The Hall–Kier alpha value is -1.56. The average molecular weight is 260 g/mol. The second kappa shape index (κ2) is 5.86. The van der Waals surface area contributed by atoms with Gasteiger partial charge in [-0.05, 0) is 11.6 Å². The van der Waals surface area contributed by atoms with Gasteiger partial charge in [-0.25, -0.2) is 0 Å². The maximum Gasteiger partial charge on any atom is 0.416 e. The average Bonchev–Trinajstić information content (AvgIpc) is 2.34. The van der Waals surface area contributed by atoms with Crippen molar-refractivity contribution in [1.29, 1.82) is 0 Å². The maximum absolute atomic E-state index is 12.7. The van der Waals surface area contributed by atoms with Crippen LogP contribution in [0.15, 0.2) is 24.3 Å². The molecular formula is C12H15F3N2O. The zero-order chi connectivity index (χ0) is 13.8. The molecule has 0 fully saturated rings. The third-order valence-electron chi connectivity index (χ3n) is 2.58. The number of amides is 1. The minimum absolute atomic E-state index is 0.0440. The van der Waals surface area contributed by atoms with E-state index in [1.807, 2.05) is 0 Å². The Bertz CT molecular complexity index is 418. The van der Waals surface area contributed by atoms with Crippen molar-refractivity contribution in [1.82, 2.24) is 5.32 Å². The van der Waals surface area contributed by atoms with Crippen LogP contribution in [0.5, 0.6) is 0 Å². The molecule has 3 N–H and O–H groups in total. The van der Waals surface area contributed by atoms with E-state index in [4.69, 9.17) is 5.73 Å². The van der Waals surface area contributed by atoms with E-state index >= 15 is 0 Å². The molecule has 100 valence electrons. The second-order valence-electron chi connectivity index (χ2n) is 4.01. The van der Waals surface area contributed by atoms with E-state index in [2.05, 4.69) is 5.32 Å². The number of hydrogen-bond donors (Lipinski definition) is 2. The topological polar surface area (TPSA) is 55.1 Å². The molecule has 0 heterocycles. The van der Waals surface area contributed by atoms with Crippen molar-refractivity contribution in [3.8, 4) is 0 Å². The minimum Gasteiger partial charge on any atom is -0.352 e. The summed E-state index contributed by atoms with van der Waals surface area (Å²) in [6, 6.07) is 5.16. The van der Waals surface area contributed by atoms with E-state index in [1.54, 1.807) is 6.92 Å². The lowest BCUT2D eigenvalue weighted by molar-refractivity contribution is -0.138. The number of benzene rings is 1. The zero-order valence-electron chi connectivity index (χ0n) is 9.92. The van der Waals surface area contributed by atoms with Crippen LogP contribution in [0.2, 0.25) is 0 Å². The summed E-state index contributed by atoms with van der Waals surface area (Å²) in [6.07, 6.45) is -4.42. The van der Waals surface area contributed by atoms with Crippen molar-refractivity contribution in [2.45, 2.75) is 19.6 Å². The highest BCUT2D eigenvalue weighted by Gasteiger charge is 2.32. The van der Waals surface area contributed by atoms with Crippen LogP contribution in [0.1, 0.15) is 18.1 Å². The Labute approximate surface area is 103 Å². The molecule has 1 aromatic rings. The quantitative estimate of drug-likeness (QED) is 0.869. The van der Waals surface area contributed by atoms with Crippen LogP contribution in [-0.2, 0) is 17.5 Å². The molecule has 0 radical (unpaired) electrons. The van der Waals surface area contributed by atoms with Gasteiger partial charge in [0.05, 0.1) is 5.56 Å². The Kier molecular flexibility index (Phi) is 4.72. The third kappa shape index (κ3) is 3.73. The number of nitrogens with two attached hydrogens (primary N) is 1. The zero-order valence-corrected chi connectivity index (χ0v) is 9.92. The summed E-state index contributed by atoms with van der Waals surface area (Å²) < 4.78 is 38.0. The summed E-state index contributed by atoms with van der Waals surface area (Å²) in [6.45, 7) is 1.62. The summed E-state index contributed by atoms with van der Waals surface area (Å²) >= 11 is 0. The molecule has 0 aliphatic rings. The van der Waals surface area contributed by atoms with E-state index in [9.17, 15) is 18.0 Å². The van der Waals surface area contributed by atoms with Crippen molar-refractivity contribution >= 4 is 5.91 Å². The van der Waals surface area contributed by atoms with Crippen molar-refractivity contribution in [2.75, 3.05) is 6.54 Å². The monoisotopic (exact) mass is 260 g/mol. The van der Waals surface area contributed by atoms with Gasteiger partial charge < -0.3 is 11.1 Å².